The number of hydrogen-bond acceptors (Lipinski definition) is 3. The molecule has 150 valence electrons. The van der Waals surface area contributed by atoms with Gasteiger partial charge in [-0.1, -0.05) is 46.9 Å². The first-order valence-electron chi connectivity index (χ1n) is 8.73. The normalized spacial score (nSPS) is 16.1. The average molecular weight is 462 g/mol. The zero-order chi connectivity index (χ0) is 20.3. The maximum atomic E-state index is 12.6. The Labute approximate surface area is 179 Å². The van der Waals surface area contributed by atoms with Crippen molar-refractivity contribution in [3.05, 3.63) is 63.1 Å². The second kappa shape index (κ2) is 9.01. The van der Waals surface area contributed by atoms with E-state index >= 15 is 0 Å². The van der Waals surface area contributed by atoms with Gasteiger partial charge in [0.2, 0.25) is 15.9 Å². The number of nitrogens with one attached hydrogen (secondary N) is 1. The molecule has 1 saturated heterocycles. The third-order valence-electron chi connectivity index (χ3n) is 4.67. The summed E-state index contributed by atoms with van der Waals surface area (Å²) in [5.41, 5.74) is 1.14. The Kier molecular flexibility index (Phi) is 6.89. The van der Waals surface area contributed by atoms with E-state index in [2.05, 4.69) is 5.32 Å². The second-order valence-corrected chi connectivity index (χ2v) is 9.92. The fraction of sp³-hybridized carbons (Fsp3) is 0.316. The summed E-state index contributed by atoms with van der Waals surface area (Å²) >= 11 is 17.9. The Balaban J connectivity index is 1.58. The van der Waals surface area contributed by atoms with Crippen molar-refractivity contribution in [3.8, 4) is 0 Å². The number of carbonyl (C=O) groups is 1. The molecule has 0 unspecified atom stereocenters. The Hall–Kier alpha value is -1.31. The molecule has 0 atom stereocenters. The van der Waals surface area contributed by atoms with Crippen molar-refractivity contribution < 1.29 is 13.2 Å². The predicted molar refractivity (Wildman–Crippen MR) is 113 cm³/mol. The number of halogens is 3. The van der Waals surface area contributed by atoms with E-state index in [1.807, 2.05) is 0 Å². The van der Waals surface area contributed by atoms with Crippen molar-refractivity contribution in [3.63, 3.8) is 0 Å². The third-order valence-corrected chi connectivity index (χ3v) is 7.33. The first kappa shape index (κ1) is 21.4. The highest BCUT2D eigenvalue weighted by molar-refractivity contribution is 7.88. The summed E-state index contributed by atoms with van der Waals surface area (Å²) in [5, 5.41) is 4.22. The maximum absolute atomic E-state index is 12.6. The lowest BCUT2D eigenvalue weighted by molar-refractivity contribution is -0.120. The number of anilines is 1. The topological polar surface area (TPSA) is 66.5 Å². The van der Waals surface area contributed by atoms with Gasteiger partial charge in [-0.05, 0) is 48.7 Å². The highest BCUT2D eigenvalue weighted by Crippen LogP contribution is 2.28. The number of sulfonamides is 1. The monoisotopic (exact) mass is 460 g/mol. The number of piperidine rings is 1. The Morgan fingerprint density at radius 3 is 2.25 bits per heavy atom. The summed E-state index contributed by atoms with van der Waals surface area (Å²) in [6.07, 6.45) is 0.897. The maximum Gasteiger partial charge on any atom is 0.227 e. The molecule has 9 heteroatoms. The van der Waals surface area contributed by atoms with Crippen molar-refractivity contribution in [1.29, 1.82) is 0 Å². The molecular formula is C19H19Cl3N2O3S. The van der Waals surface area contributed by atoms with Gasteiger partial charge >= 0.3 is 0 Å². The van der Waals surface area contributed by atoms with Gasteiger partial charge in [0.1, 0.15) is 0 Å². The minimum absolute atomic E-state index is 0.0842. The average Bonchev–Trinajstić information content (AvgIpc) is 2.66. The zero-order valence-corrected chi connectivity index (χ0v) is 18.0. The van der Waals surface area contributed by atoms with E-state index in [1.165, 1.54) is 4.31 Å². The van der Waals surface area contributed by atoms with Gasteiger partial charge in [0.25, 0.3) is 0 Å². The fourth-order valence-corrected chi connectivity index (χ4v) is 5.13. The van der Waals surface area contributed by atoms with E-state index in [1.54, 1.807) is 42.5 Å². The van der Waals surface area contributed by atoms with Gasteiger partial charge in [-0.2, -0.15) is 0 Å². The van der Waals surface area contributed by atoms with Crippen LogP contribution in [0, 0.1) is 5.92 Å². The molecule has 1 fully saturated rings. The Bertz CT molecular complexity index is 957. The molecule has 0 radical (unpaired) electrons. The van der Waals surface area contributed by atoms with Crippen LogP contribution in [0.5, 0.6) is 0 Å². The van der Waals surface area contributed by atoms with Crippen LogP contribution in [0.3, 0.4) is 0 Å². The standard InChI is InChI=1S/C19H19Cl3N2O3S/c20-15-3-1-13(2-4-15)12-28(26,27)24-9-7-14(8-10-24)19(25)23-18-11-16(21)5-6-17(18)22/h1-6,11,14H,7-10,12H2,(H,23,25). The summed E-state index contributed by atoms with van der Waals surface area (Å²) in [6, 6.07) is 11.6. The van der Waals surface area contributed by atoms with E-state index in [4.69, 9.17) is 34.8 Å². The van der Waals surface area contributed by atoms with Gasteiger partial charge in [-0.3, -0.25) is 4.79 Å². The molecule has 1 N–H and O–H groups in total. The molecule has 1 amide bonds. The minimum Gasteiger partial charge on any atom is -0.324 e. The van der Waals surface area contributed by atoms with Crippen molar-refractivity contribution >= 4 is 56.4 Å². The van der Waals surface area contributed by atoms with Crippen molar-refractivity contribution in [1.82, 2.24) is 4.31 Å². The van der Waals surface area contributed by atoms with Gasteiger partial charge in [-0.25, -0.2) is 12.7 Å². The van der Waals surface area contributed by atoms with Gasteiger partial charge in [0.15, 0.2) is 0 Å². The largest absolute Gasteiger partial charge is 0.324 e. The minimum atomic E-state index is -3.45. The van der Waals surface area contributed by atoms with Gasteiger partial charge in [0, 0.05) is 29.1 Å². The van der Waals surface area contributed by atoms with Crippen LogP contribution in [0.25, 0.3) is 0 Å². The number of carbonyl (C=O) groups excluding carboxylic acids is 1. The lowest BCUT2D eigenvalue weighted by Crippen LogP contribution is -2.41. The number of benzene rings is 2. The molecule has 1 heterocycles. The van der Waals surface area contributed by atoms with Crippen LogP contribution >= 0.6 is 34.8 Å². The summed E-state index contributed by atoms with van der Waals surface area (Å²) in [6.45, 7) is 0.606. The van der Waals surface area contributed by atoms with E-state index in [-0.39, 0.29) is 17.6 Å². The molecule has 2 aromatic carbocycles. The molecule has 0 aromatic heterocycles. The first-order valence-corrected chi connectivity index (χ1v) is 11.5. The van der Waals surface area contributed by atoms with E-state index < -0.39 is 10.0 Å². The molecule has 1 aliphatic heterocycles. The van der Waals surface area contributed by atoms with Gasteiger partial charge in [0.05, 0.1) is 16.5 Å². The Morgan fingerprint density at radius 1 is 1.00 bits per heavy atom. The molecular weight excluding hydrogens is 443 g/mol. The number of rotatable bonds is 5. The molecule has 0 aliphatic carbocycles. The van der Waals surface area contributed by atoms with Gasteiger partial charge < -0.3 is 5.32 Å². The molecule has 2 aromatic rings. The lowest BCUT2D eigenvalue weighted by Gasteiger charge is -2.30. The molecule has 0 bridgehead atoms. The number of amides is 1. The summed E-state index contributed by atoms with van der Waals surface area (Å²) in [5.74, 6) is -0.546. The quantitative estimate of drug-likeness (QED) is 0.693. The smallest absolute Gasteiger partial charge is 0.227 e. The number of hydrogen-bond donors (Lipinski definition) is 1. The lowest BCUT2D eigenvalue weighted by atomic mass is 9.97. The summed E-state index contributed by atoms with van der Waals surface area (Å²) in [7, 11) is -3.45. The van der Waals surface area contributed by atoms with Crippen LogP contribution in [-0.4, -0.2) is 31.7 Å². The molecule has 0 spiro atoms. The molecule has 5 nitrogen and oxygen atoms in total. The second-order valence-electron chi connectivity index (χ2n) is 6.67. The van der Waals surface area contributed by atoms with E-state index in [0.29, 0.717) is 52.2 Å². The third kappa shape index (κ3) is 5.39. The van der Waals surface area contributed by atoms with E-state index in [9.17, 15) is 13.2 Å². The fourth-order valence-electron chi connectivity index (χ4n) is 3.11. The van der Waals surface area contributed by atoms with Crippen LogP contribution in [0.4, 0.5) is 5.69 Å². The van der Waals surface area contributed by atoms with Crippen LogP contribution in [0.2, 0.25) is 15.1 Å². The predicted octanol–water partition coefficient (Wildman–Crippen LogP) is 4.83. The molecule has 0 saturated carbocycles. The molecule has 1 aliphatic rings. The summed E-state index contributed by atoms with van der Waals surface area (Å²) in [4.78, 5) is 12.5. The molecule has 3 rings (SSSR count). The van der Waals surface area contributed by atoms with Crippen LogP contribution in [-0.2, 0) is 20.6 Å². The zero-order valence-electron chi connectivity index (χ0n) is 14.9. The van der Waals surface area contributed by atoms with Crippen molar-refractivity contribution in [2.24, 2.45) is 5.92 Å². The van der Waals surface area contributed by atoms with Crippen LogP contribution in [0.15, 0.2) is 42.5 Å². The first-order chi connectivity index (χ1) is 13.2. The SMILES string of the molecule is O=C(Nc1cc(Cl)ccc1Cl)C1CCN(S(=O)(=O)Cc2ccc(Cl)cc2)CC1. The van der Waals surface area contributed by atoms with Crippen LogP contribution in [0.1, 0.15) is 18.4 Å². The Morgan fingerprint density at radius 2 is 1.61 bits per heavy atom. The van der Waals surface area contributed by atoms with Gasteiger partial charge in [-0.15, -0.1) is 0 Å². The highest BCUT2D eigenvalue weighted by atomic mass is 35.5. The van der Waals surface area contributed by atoms with E-state index in [0.717, 1.165) is 0 Å². The highest BCUT2D eigenvalue weighted by Gasteiger charge is 2.31. The summed E-state index contributed by atoms with van der Waals surface area (Å²) < 4.78 is 26.7. The van der Waals surface area contributed by atoms with Crippen LogP contribution < -0.4 is 5.32 Å². The van der Waals surface area contributed by atoms with Crippen molar-refractivity contribution in [2.75, 3.05) is 18.4 Å². The molecule has 28 heavy (non-hydrogen) atoms. The number of nitrogens with zero attached hydrogens (tertiary/aromatic N) is 1. The van der Waals surface area contributed by atoms with Crippen molar-refractivity contribution in [2.45, 2.75) is 18.6 Å².